The maximum Gasteiger partial charge on any atom is 0.224 e. The molecule has 0 radical (unpaired) electrons. The summed E-state index contributed by atoms with van der Waals surface area (Å²) in [5.74, 6) is 0.295. The molecule has 0 unspecified atom stereocenters. The molecule has 0 atom stereocenters. The van der Waals surface area contributed by atoms with Gasteiger partial charge >= 0.3 is 0 Å². The standard InChI is InChI=1S/C11H15BrN6O/c1-6-7(4-9(19)15-3-2-13)10(14)18-11(17-6)8(12)5-16-18/h5H,2-4,13-14H2,1H3,(H,15,19). The van der Waals surface area contributed by atoms with Crippen LogP contribution in [0.3, 0.4) is 0 Å². The summed E-state index contributed by atoms with van der Waals surface area (Å²) in [6, 6.07) is 0. The van der Waals surface area contributed by atoms with Gasteiger partial charge in [0.25, 0.3) is 0 Å². The number of halogens is 1. The van der Waals surface area contributed by atoms with Crippen molar-refractivity contribution < 1.29 is 4.79 Å². The average molecular weight is 327 g/mol. The third-order valence-corrected chi connectivity index (χ3v) is 3.31. The Morgan fingerprint density at radius 1 is 1.58 bits per heavy atom. The number of amides is 1. The van der Waals surface area contributed by atoms with Gasteiger partial charge in [-0.25, -0.2) is 4.98 Å². The zero-order valence-electron chi connectivity index (χ0n) is 10.5. The number of rotatable bonds is 4. The normalized spacial score (nSPS) is 10.9. The van der Waals surface area contributed by atoms with E-state index in [0.717, 1.165) is 4.47 Å². The van der Waals surface area contributed by atoms with Crippen LogP contribution < -0.4 is 16.8 Å². The van der Waals surface area contributed by atoms with Gasteiger partial charge in [0.1, 0.15) is 5.82 Å². The number of aromatic nitrogens is 3. The molecular formula is C11H15BrN6O. The molecule has 0 aliphatic rings. The van der Waals surface area contributed by atoms with Crippen LogP contribution in [0.15, 0.2) is 10.7 Å². The van der Waals surface area contributed by atoms with Crippen molar-refractivity contribution in [2.75, 3.05) is 18.8 Å². The Hall–Kier alpha value is -1.67. The van der Waals surface area contributed by atoms with Gasteiger partial charge in [0.05, 0.1) is 17.1 Å². The van der Waals surface area contributed by atoms with Gasteiger partial charge in [0.15, 0.2) is 5.65 Å². The molecule has 0 fully saturated rings. The Morgan fingerprint density at radius 3 is 3.00 bits per heavy atom. The van der Waals surface area contributed by atoms with Crippen molar-refractivity contribution in [3.63, 3.8) is 0 Å². The second kappa shape index (κ2) is 5.54. The number of hydrogen-bond acceptors (Lipinski definition) is 5. The molecule has 2 heterocycles. The van der Waals surface area contributed by atoms with Crippen LogP contribution in [0.2, 0.25) is 0 Å². The number of carbonyl (C=O) groups excluding carboxylic acids is 1. The topological polar surface area (TPSA) is 111 Å². The summed E-state index contributed by atoms with van der Waals surface area (Å²) in [5, 5.41) is 6.82. The quantitative estimate of drug-likeness (QED) is 0.732. The van der Waals surface area contributed by atoms with Gasteiger partial charge in [-0.1, -0.05) is 0 Å². The summed E-state index contributed by atoms with van der Waals surface area (Å²) in [7, 11) is 0. The molecule has 0 aliphatic carbocycles. The highest BCUT2D eigenvalue weighted by Crippen LogP contribution is 2.22. The summed E-state index contributed by atoms with van der Waals surface area (Å²) in [5.41, 5.74) is 13.4. The number of nitrogens with two attached hydrogens (primary N) is 2. The molecule has 8 heteroatoms. The lowest BCUT2D eigenvalue weighted by atomic mass is 10.1. The van der Waals surface area contributed by atoms with Crippen molar-refractivity contribution in [1.29, 1.82) is 0 Å². The first-order valence-electron chi connectivity index (χ1n) is 5.79. The Morgan fingerprint density at radius 2 is 2.32 bits per heavy atom. The molecule has 0 aliphatic heterocycles. The fourth-order valence-electron chi connectivity index (χ4n) is 1.79. The van der Waals surface area contributed by atoms with Crippen LogP contribution in [-0.4, -0.2) is 33.6 Å². The molecule has 0 saturated heterocycles. The molecule has 2 aromatic heterocycles. The first kappa shape index (κ1) is 13.8. The fraction of sp³-hybridized carbons (Fsp3) is 0.364. The molecule has 0 bridgehead atoms. The highest BCUT2D eigenvalue weighted by molar-refractivity contribution is 9.10. The van der Waals surface area contributed by atoms with Crippen LogP contribution in [0.5, 0.6) is 0 Å². The van der Waals surface area contributed by atoms with E-state index in [9.17, 15) is 4.79 Å². The summed E-state index contributed by atoms with van der Waals surface area (Å²) in [6.45, 7) is 2.67. The molecule has 5 N–H and O–H groups in total. The van der Waals surface area contributed by atoms with Gasteiger partial charge in [0, 0.05) is 24.3 Å². The smallest absolute Gasteiger partial charge is 0.224 e. The third kappa shape index (κ3) is 2.69. The summed E-state index contributed by atoms with van der Waals surface area (Å²) in [6.07, 6.45) is 1.79. The van der Waals surface area contributed by atoms with E-state index < -0.39 is 0 Å². The van der Waals surface area contributed by atoms with Gasteiger partial charge in [0.2, 0.25) is 5.91 Å². The molecule has 7 nitrogen and oxygen atoms in total. The highest BCUT2D eigenvalue weighted by atomic mass is 79.9. The second-order valence-corrected chi connectivity index (χ2v) is 4.96. The van der Waals surface area contributed by atoms with E-state index in [-0.39, 0.29) is 12.3 Å². The van der Waals surface area contributed by atoms with E-state index in [2.05, 4.69) is 31.3 Å². The maximum atomic E-state index is 11.7. The largest absolute Gasteiger partial charge is 0.383 e. The van der Waals surface area contributed by atoms with Crippen LogP contribution in [0.4, 0.5) is 5.82 Å². The number of anilines is 1. The van der Waals surface area contributed by atoms with Crippen molar-refractivity contribution in [2.45, 2.75) is 13.3 Å². The Kier molecular flexibility index (Phi) is 4.01. The van der Waals surface area contributed by atoms with Crippen molar-refractivity contribution in [2.24, 2.45) is 5.73 Å². The molecule has 0 spiro atoms. The molecular weight excluding hydrogens is 312 g/mol. The zero-order chi connectivity index (χ0) is 14.0. The average Bonchev–Trinajstić information content (AvgIpc) is 2.74. The lowest BCUT2D eigenvalue weighted by molar-refractivity contribution is -0.120. The Bertz CT molecular complexity index is 623. The van der Waals surface area contributed by atoms with E-state index >= 15 is 0 Å². The molecule has 0 saturated carbocycles. The molecule has 1 amide bonds. The van der Waals surface area contributed by atoms with Gasteiger partial charge in [-0.3, -0.25) is 4.79 Å². The SMILES string of the molecule is Cc1nc2c(Br)cnn2c(N)c1CC(=O)NCCN. The zero-order valence-corrected chi connectivity index (χ0v) is 12.1. The lowest BCUT2D eigenvalue weighted by Gasteiger charge is -2.10. The number of nitrogens with zero attached hydrogens (tertiary/aromatic N) is 3. The number of nitrogen functional groups attached to an aromatic ring is 1. The number of aryl methyl sites for hydroxylation is 1. The van der Waals surface area contributed by atoms with Crippen molar-refractivity contribution in [1.82, 2.24) is 19.9 Å². The number of nitrogens with one attached hydrogen (secondary N) is 1. The van der Waals surface area contributed by atoms with E-state index in [4.69, 9.17) is 11.5 Å². The highest BCUT2D eigenvalue weighted by Gasteiger charge is 2.15. The lowest BCUT2D eigenvalue weighted by Crippen LogP contribution is -2.31. The molecule has 2 rings (SSSR count). The monoisotopic (exact) mass is 326 g/mol. The van der Waals surface area contributed by atoms with Crippen LogP contribution in [0.25, 0.3) is 5.65 Å². The Labute approximate surface area is 118 Å². The predicted octanol–water partition coefficient (Wildman–Crippen LogP) is -0.000180. The van der Waals surface area contributed by atoms with Crippen molar-refractivity contribution in [3.8, 4) is 0 Å². The van der Waals surface area contributed by atoms with Crippen LogP contribution >= 0.6 is 15.9 Å². The summed E-state index contributed by atoms with van der Waals surface area (Å²) >= 11 is 3.35. The minimum absolute atomic E-state index is 0.132. The Balaban J connectivity index is 2.35. The number of hydrogen-bond donors (Lipinski definition) is 3. The minimum Gasteiger partial charge on any atom is -0.383 e. The van der Waals surface area contributed by atoms with Gasteiger partial charge in [-0.05, 0) is 22.9 Å². The van der Waals surface area contributed by atoms with Crippen LogP contribution in [-0.2, 0) is 11.2 Å². The second-order valence-electron chi connectivity index (χ2n) is 4.10. The molecule has 2 aromatic rings. The summed E-state index contributed by atoms with van der Waals surface area (Å²) in [4.78, 5) is 16.1. The van der Waals surface area contributed by atoms with E-state index in [0.29, 0.717) is 35.8 Å². The maximum absolute atomic E-state index is 11.7. The van der Waals surface area contributed by atoms with Crippen LogP contribution in [0.1, 0.15) is 11.3 Å². The summed E-state index contributed by atoms with van der Waals surface area (Å²) < 4.78 is 2.28. The number of carbonyl (C=O) groups is 1. The van der Waals surface area contributed by atoms with Crippen molar-refractivity contribution >= 4 is 33.3 Å². The van der Waals surface area contributed by atoms with E-state index in [1.807, 2.05) is 6.92 Å². The fourth-order valence-corrected chi connectivity index (χ4v) is 2.14. The third-order valence-electron chi connectivity index (χ3n) is 2.75. The molecule has 0 aromatic carbocycles. The molecule has 102 valence electrons. The van der Waals surface area contributed by atoms with Crippen molar-refractivity contribution in [3.05, 3.63) is 21.9 Å². The first-order valence-corrected chi connectivity index (χ1v) is 6.58. The predicted molar refractivity (Wildman–Crippen MR) is 75.6 cm³/mol. The van der Waals surface area contributed by atoms with Crippen LogP contribution in [0, 0.1) is 6.92 Å². The first-order chi connectivity index (χ1) is 9.04. The minimum atomic E-state index is -0.132. The van der Waals surface area contributed by atoms with E-state index in [1.165, 1.54) is 4.52 Å². The van der Waals surface area contributed by atoms with E-state index in [1.54, 1.807) is 6.20 Å². The van der Waals surface area contributed by atoms with Gasteiger partial charge < -0.3 is 16.8 Å². The van der Waals surface area contributed by atoms with Gasteiger partial charge in [-0.2, -0.15) is 9.61 Å². The van der Waals surface area contributed by atoms with Gasteiger partial charge in [-0.15, -0.1) is 0 Å². The number of fused-ring (bicyclic) bond motifs is 1. The molecule has 19 heavy (non-hydrogen) atoms.